The van der Waals surface area contributed by atoms with E-state index in [9.17, 15) is 0 Å². The van der Waals surface area contributed by atoms with Gasteiger partial charge in [-0.2, -0.15) is 0 Å². The third-order valence-corrected chi connectivity index (χ3v) is 25.7. The topological polar surface area (TPSA) is 0 Å². The van der Waals surface area contributed by atoms with Crippen LogP contribution in [-0.4, -0.2) is 43.3 Å². The van der Waals surface area contributed by atoms with Gasteiger partial charge in [-0.05, 0) is 156 Å². The molecule has 0 N–H and O–H groups in total. The van der Waals surface area contributed by atoms with Crippen molar-refractivity contribution in [3.8, 4) is 0 Å². The highest BCUT2D eigenvalue weighted by atomic mass is 31.2. The molecule has 1 aliphatic rings. The Morgan fingerprint density at radius 3 is 0.794 bits per heavy atom. The van der Waals surface area contributed by atoms with E-state index >= 15 is 0 Å². The van der Waals surface area contributed by atoms with E-state index in [4.69, 9.17) is 0 Å². The molecular weight excluding hydrogens is 446 g/mol. The molecule has 0 aromatic heterocycles. The maximum Gasteiger partial charge on any atom is 0.0725 e. The molecule has 1 rings (SSSR count). The Kier molecular flexibility index (Phi) is 9.55. The smallest absolute Gasteiger partial charge is 0.0525 e. The first-order valence-corrected chi connectivity index (χ1v) is 18.4. The lowest BCUT2D eigenvalue weighted by atomic mass is 9.83. The molecule has 0 bridgehead atoms. The van der Waals surface area contributed by atoms with E-state index in [1.807, 2.05) is 0 Å². The molecule has 0 heterocycles. The average molecular weight is 515 g/mol. The summed E-state index contributed by atoms with van der Waals surface area (Å²) in [5.74, 6) is 1.82. The van der Waals surface area contributed by atoms with E-state index < -0.39 is 14.5 Å². The minimum absolute atomic E-state index is 0.384. The SMILES string of the molecule is CC(C)(C)[P+](CC1CCCC(C[P+](C(C)(C)C)(C(C)(C)C)C(C)(C)C)C1)(C(C)(C)C)C(C)(C)C. The molecule has 0 aromatic rings. The van der Waals surface area contributed by atoms with Crippen LogP contribution in [0.25, 0.3) is 0 Å². The molecule has 2 heteroatoms. The summed E-state index contributed by atoms with van der Waals surface area (Å²) in [4.78, 5) is 0. The summed E-state index contributed by atoms with van der Waals surface area (Å²) in [5, 5.41) is 2.31. The van der Waals surface area contributed by atoms with Crippen molar-refractivity contribution in [3.63, 3.8) is 0 Å². The molecule has 0 radical (unpaired) electrons. The maximum absolute atomic E-state index is 2.58. The highest BCUT2D eigenvalue weighted by Crippen LogP contribution is 2.85. The van der Waals surface area contributed by atoms with Gasteiger partial charge in [-0.15, -0.1) is 0 Å². The standard InChI is InChI=1S/C32H68P2/c1-27(2,3)33(28(4,5)6,29(7,8)9)23-25-20-19-21-26(22-25)24-34(30(10,11)12,31(13,14)15)32(16,17)18/h25-26H,19-24H2,1-18H3/q+2. The Bertz CT molecular complexity index is 529. The molecule has 0 saturated heterocycles. The first-order chi connectivity index (χ1) is 14.7. The lowest BCUT2D eigenvalue weighted by Crippen LogP contribution is -2.48. The minimum atomic E-state index is -1.28. The quantitative estimate of drug-likeness (QED) is 0.327. The monoisotopic (exact) mass is 514 g/mol. The predicted octanol–water partition coefficient (Wildman–Crippen LogP) is 11.6. The number of hydrogen-bond acceptors (Lipinski definition) is 0. The third kappa shape index (κ3) is 5.95. The van der Waals surface area contributed by atoms with Crippen molar-refractivity contribution in [3.05, 3.63) is 0 Å². The van der Waals surface area contributed by atoms with Crippen LogP contribution in [0.3, 0.4) is 0 Å². The molecule has 1 aliphatic carbocycles. The number of hydrogen-bond donors (Lipinski definition) is 0. The molecule has 0 aromatic carbocycles. The van der Waals surface area contributed by atoms with Crippen LogP contribution in [0.2, 0.25) is 0 Å². The first-order valence-electron chi connectivity index (χ1n) is 14.4. The van der Waals surface area contributed by atoms with Gasteiger partial charge in [0.2, 0.25) is 0 Å². The fourth-order valence-corrected chi connectivity index (χ4v) is 27.8. The fourth-order valence-electron chi connectivity index (χ4n) is 10.2. The lowest BCUT2D eigenvalue weighted by molar-refractivity contribution is 0.300. The van der Waals surface area contributed by atoms with Crippen LogP contribution in [0.4, 0.5) is 0 Å². The van der Waals surface area contributed by atoms with Crippen LogP contribution in [0.1, 0.15) is 150 Å². The van der Waals surface area contributed by atoms with Crippen LogP contribution in [0, 0.1) is 11.8 Å². The normalized spacial score (nSPS) is 22.8. The van der Waals surface area contributed by atoms with Gasteiger partial charge in [0.1, 0.15) is 0 Å². The van der Waals surface area contributed by atoms with E-state index in [2.05, 4.69) is 125 Å². The zero-order chi connectivity index (χ0) is 27.4. The van der Waals surface area contributed by atoms with Gasteiger partial charge in [0.15, 0.2) is 0 Å². The van der Waals surface area contributed by atoms with Crippen molar-refractivity contribution in [1.29, 1.82) is 0 Å². The van der Waals surface area contributed by atoms with Crippen LogP contribution in [0.5, 0.6) is 0 Å². The summed E-state index contributed by atoms with van der Waals surface area (Å²) in [5.41, 5.74) is 0. The van der Waals surface area contributed by atoms with E-state index in [0.29, 0.717) is 30.9 Å². The zero-order valence-corrected chi connectivity index (χ0v) is 29.1. The summed E-state index contributed by atoms with van der Waals surface area (Å²) in [6, 6.07) is 0. The molecule has 204 valence electrons. The van der Waals surface area contributed by atoms with Gasteiger partial charge in [-0.1, -0.05) is 6.42 Å². The Morgan fingerprint density at radius 2 is 0.618 bits per heavy atom. The maximum atomic E-state index is 2.58. The Morgan fingerprint density at radius 1 is 0.412 bits per heavy atom. The molecule has 0 aliphatic heterocycles. The predicted molar refractivity (Wildman–Crippen MR) is 168 cm³/mol. The van der Waals surface area contributed by atoms with Gasteiger partial charge < -0.3 is 0 Å². The van der Waals surface area contributed by atoms with Crippen LogP contribution < -0.4 is 0 Å². The van der Waals surface area contributed by atoms with Crippen molar-refractivity contribution in [2.24, 2.45) is 11.8 Å². The zero-order valence-electron chi connectivity index (χ0n) is 27.3. The van der Waals surface area contributed by atoms with Gasteiger partial charge in [-0.3, -0.25) is 0 Å². The van der Waals surface area contributed by atoms with Crippen molar-refractivity contribution in [2.45, 2.75) is 181 Å². The van der Waals surface area contributed by atoms with Gasteiger partial charge in [0.05, 0.1) is 43.3 Å². The Hall–Kier alpha value is 0.860. The molecule has 2 atom stereocenters. The van der Waals surface area contributed by atoms with E-state index in [0.717, 1.165) is 11.8 Å². The van der Waals surface area contributed by atoms with Gasteiger partial charge in [0.25, 0.3) is 0 Å². The second kappa shape index (κ2) is 9.87. The molecule has 2 unspecified atom stereocenters. The van der Waals surface area contributed by atoms with Crippen LogP contribution >= 0.6 is 14.5 Å². The summed E-state index contributed by atoms with van der Waals surface area (Å²) in [7, 11) is -2.56. The van der Waals surface area contributed by atoms with E-state index in [1.165, 1.54) is 38.0 Å². The van der Waals surface area contributed by atoms with Crippen LogP contribution in [-0.2, 0) is 0 Å². The lowest BCUT2D eigenvalue weighted by Gasteiger charge is -2.57. The third-order valence-electron chi connectivity index (χ3n) is 9.83. The Labute approximate surface area is 219 Å². The first kappa shape index (κ1) is 32.9. The molecule has 0 amide bonds. The van der Waals surface area contributed by atoms with Gasteiger partial charge in [-0.25, -0.2) is 0 Å². The molecule has 0 nitrogen and oxygen atoms in total. The van der Waals surface area contributed by atoms with Crippen molar-refractivity contribution >= 4 is 14.5 Å². The van der Waals surface area contributed by atoms with Gasteiger partial charge >= 0.3 is 0 Å². The molecule has 1 saturated carbocycles. The summed E-state index contributed by atoms with van der Waals surface area (Å²) in [6.45, 7) is 46.4. The van der Waals surface area contributed by atoms with Crippen molar-refractivity contribution in [2.75, 3.05) is 12.3 Å². The largest absolute Gasteiger partial charge is 0.0725 e. The Balaban J connectivity index is 3.45. The highest BCUT2D eigenvalue weighted by molar-refractivity contribution is 7.80. The second-order valence-corrected chi connectivity index (χ2v) is 29.9. The highest BCUT2D eigenvalue weighted by Gasteiger charge is 2.66. The molecule has 1 fully saturated rings. The summed E-state index contributed by atoms with van der Waals surface area (Å²) in [6.07, 6.45) is 8.84. The molecule has 34 heavy (non-hydrogen) atoms. The number of rotatable bonds is 4. The fraction of sp³-hybridized carbons (Fsp3) is 1.00. The van der Waals surface area contributed by atoms with E-state index in [-0.39, 0.29) is 0 Å². The summed E-state index contributed by atoms with van der Waals surface area (Å²) < 4.78 is 0. The summed E-state index contributed by atoms with van der Waals surface area (Å²) >= 11 is 0. The molecular formula is C32H68P2+2. The molecule has 0 spiro atoms. The van der Waals surface area contributed by atoms with Gasteiger partial charge in [0, 0.05) is 14.5 Å². The van der Waals surface area contributed by atoms with Crippen molar-refractivity contribution < 1.29 is 0 Å². The average Bonchev–Trinajstić information content (AvgIpc) is 2.50. The second-order valence-electron chi connectivity index (χ2n) is 17.9. The van der Waals surface area contributed by atoms with Crippen LogP contribution in [0.15, 0.2) is 0 Å². The van der Waals surface area contributed by atoms with Crippen molar-refractivity contribution in [1.82, 2.24) is 0 Å². The minimum Gasteiger partial charge on any atom is -0.0525 e. The van der Waals surface area contributed by atoms with E-state index in [1.54, 1.807) is 0 Å².